The molecule has 0 unspecified atom stereocenters. The van der Waals surface area contributed by atoms with Crippen LogP contribution in [0.2, 0.25) is 0 Å². The van der Waals surface area contributed by atoms with Gasteiger partial charge in [-0.05, 0) is 56.3 Å². The number of ether oxygens (including phenoxy) is 1. The van der Waals surface area contributed by atoms with Crippen LogP contribution in [0.4, 0.5) is 0 Å². The van der Waals surface area contributed by atoms with E-state index in [-0.39, 0.29) is 0 Å². The van der Waals surface area contributed by atoms with Crippen LogP contribution >= 0.6 is 0 Å². The summed E-state index contributed by atoms with van der Waals surface area (Å²) in [6.07, 6.45) is 4.14. The topological polar surface area (TPSA) is 52.0 Å². The van der Waals surface area contributed by atoms with Crippen LogP contribution in [0.25, 0.3) is 22.3 Å². The van der Waals surface area contributed by atoms with E-state index in [9.17, 15) is 0 Å². The lowest BCUT2D eigenvalue weighted by molar-refractivity contribution is 0.415. The molecule has 2 aromatic heterocycles. The van der Waals surface area contributed by atoms with Gasteiger partial charge in [0.1, 0.15) is 11.3 Å². The molecule has 1 saturated heterocycles. The lowest BCUT2D eigenvalue weighted by atomic mass is 9.93. The Morgan fingerprint density at radius 3 is 2.62 bits per heavy atom. The van der Waals surface area contributed by atoms with Gasteiger partial charge in [0.2, 0.25) is 0 Å². The molecule has 5 nitrogen and oxygen atoms in total. The van der Waals surface area contributed by atoms with E-state index < -0.39 is 0 Å². The highest BCUT2D eigenvalue weighted by Crippen LogP contribution is 2.32. The van der Waals surface area contributed by atoms with Gasteiger partial charge in [-0.25, -0.2) is 4.98 Å². The minimum Gasteiger partial charge on any atom is -0.497 e. The molecule has 0 spiro atoms. The first-order chi connectivity index (χ1) is 11.8. The van der Waals surface area contributed by atoms with E-state index in [1.165, 1.54) is 5.69 Å². The van der Waals surface area contributed by atoms with E-state index in [2.05, 4.69) is 33.1 Å². The number of hydrogen-bond donors (Lipinski definition) is 1. The molecule has 3 heterocycles. The molecular formula is C19H22N4O. The molecule has 4 rings (SSSR count). The fourth-order valence-electron chi connectivity index (χ4n) is 3.42. The Morgan fingerprint density at radius 2 is 1.92 bits per heavy atom. The molecular weight excluding hydrogens is 300 g/mol. The number of hydrogen-bond acceptors (Lipinski definition) is 4. The number of aryl methyl sites for hydroxylation is 1. The Balaban J connectivity index is 1.85. The molecule has 1 N–H and O–H groups in total. The van der Waals surface area contributed by atoms with Crippen molar-refractivity contribution in [3.8, 4) is 17.0 Å². The first kappa shape index (κ1) is 15.1. The number of piperidine rings is 1. The zero-order valence-corrected chi connectivity index (χ0v) is 14.1. The molecule has 1 fully saturated rings. The van der Waals surface area contributed by atoms with Crippen LogP contribution in [0.15, 0.2) is 36.7 Å². The molecule has 0 radical (unpaired) electrons. The summed E-state index contributed by atoms with van der Waals surface area (Å²) in [5.74, 6) is 1.37. The fraction of sp³-hybridized carbons (Fsp3) is 0.368. The third-order valence-electron chi connectivity index (χ3n) is 4.85. The number of nitrogens with zero attached hydrogens (tertiary/aromatic N) is 3. The van der Waals surface area contributed by atoms with Gasteiger partial charge in [-0.15, -0.1) is 0 Å². The minimum atomic E-state index is 0.516. The number of nitrogens with one attached hydrogen (secondary N) is 1. The maximum atomic E-state index is 5.27. The molecule has 0 aliphatic carbocycles. The summed E-state index contributed by atoms with van der Waals surface area (Å²) in [6.45, 7) is 2.13. The molecule has 24 heavy (non-hydrogen) atoms. The van der Waals surface area contributed by atoms with Gasteiger partial charge in [0.15, 0.2) is 0 Å². The largest absolute Gasteiger partial charge is 0.497 e. The van der Waals surface area contributed by atoms with Crippen molar-refractivity contribution in [1.82, 2.24) is 19.9 Å². The molecule has 0 atom stereocenters. The van der Waals surface area contributed by atoms with E-state index >= 15 is 0 Å². The smallest absolute Gasteiger partial charge is 0.118 e. The highest BCUT2D eigenvalue weighted by atomic mass is 16.5. The summed E-state index contributed by atoms with van der Waals surface area (Å²) < 4.78 is 7.35. The predicted octanol–water partition coefficient (Wildman–Crippen LogP) is 3.11. The SMILES string of the molecule is COc1ccc(-c2nc(C3CCNCC3)cc3c2ncn3C)cc1. The van der Waals surface area contributed by atoms with Crippen molar-refractivity contribution < 1.29 is 4.74 Å². The predicted molar refractivity (Wildman–Crippen MR) is 95.3 cm³/mol. The molecule has 0 saturated carbocycles. The summed E-state index contributed by atoms with van der Waals surface area (Å²) in [6, 6.07) is 10.3. The van der Waals surface area contributed by atoms with Gasteiger partial charge >= 0.3 is 0 Å². The van der Waals surface area contributed by atoms with Crippen LogP contribution in [-0.2, 0) is 7.05 Å². The van der Waals surface area contributed by atoms with Gasteiger partial charge < -0.3 is 14.6 Å². The molecule has 3 aromatic rings. The Morgan fingerprint density at radius 1 is 1.17 bits per heavy atom. The number of aromatic nitrogens is 3. The zero-order valence-electron chi connectivity index (χ0n) is 14.1. The molecule has 1 aromatic carbocycles. The van der Waals surface area contributed by atoms with Gasteiger partial charge in [-0.3, -0.25) is 4.98 Å². The highest BCUT2D eigenvalue weighted by Gasteiger charge is 2.20. The molecule has 5 heteroatoms. The number of fused-ring (bicyclic) bond motifs is 1. The van der Waals surface area contributed by atoms with Crippen LogP contribution in [0.5, 0.6) is 5.75 Å². The van der Waals surface area contributed by atoms with Crippen molar-refractivity contribution >= 4 is 11.0 Å². The van der Waals surface area contributed by atoms with Gasteiger partial charge in [-0.1, -0.05) is 0 Å². The molecule has 0 bridgehead atoms. The lowest BCUT2D eigenvalue weighted by Crippen LogP contribution is -2.27. The van der Waals surface area contributed by atoms with Crippen molar-refractivity contribution in [1.29, 1.82) is 0 Å². The van der Waals surface area contributed by atoms with E-state index in [1.54, 1.807) is 7.11 Å². The van der Waals surface area contributed by atoms with Crippen molar-refractivity contribution in [2.45, 2.75) is 18.8 Å². The normalized spacial score (nSPS) is 15.8. The Hall–Kier alpha value is -2.40. The van der Waals surface area contributed by atoms with Gasteiger partial charge in [0.25, 0.3) is 0 Å². The monoisotopic (exact) mass is 322 g/mol. The molecule has 1 aliphatic heterocycles. The Labute approximate surface area is 141 Å². The third-order valence-corrected chi connectivity index (χ3v) is 4.85. The van der Waals surface area contributed by atoms with Gasteiger partial charge in [0, 0.05) is 24.2 Å². The average Bonchev–Trinajstić information content (AvgIpc) is 3.03. The van der Waals surface area contributed by atoms with E-state index in [1.807, 2.05) is 25.5 Å². The average molecular weight is 322 g/mol. The summed E-state index contributed by atoms with van der Waals surface area (Å²) in [5, 5.41) is 3.43. The summed E-state index contributed by atoms with van der Waals surface area (Å²) in [7, 11) is 3.72. The number of imidazole rings is 1. The Kier molecular flexibility index (Phi) is 3.94. The lowest BCUT2D eigenvalue weighted by Gasteiger charge is -2.22. The van der Waals surface area contributed by atoms with Gasteiger partial charge in [-0.2, -0.15) is 0 Å². The second-order valence-corrected chi connectivity index (χ2v) is 6.37. The first-order valence-corrected chi connectivity index (χ1v) is 8.43. The van der Waals surface area contributed by atoms with Crippen molar-refractivity contribution in [3.63, 3.8) is 0 Å². The fourth-order valence-corrected chi connectivity index (χ4v) is 3.42. The second kappa shape index (κ2) is 6.24. The Bertz CT molecular complexity index is 848. The third kappa shape index (κ3) is 2.65. The standard InChI is InChI=1S/C19H22N4O/c1-23-12-21-19-17(23)11-16(13-7-9-20-10-8-13)22-18(19)14-3-5-15(24-2)6-4-14/h3-6,11-13,20H,7-10H2,1-2H3. The van der Waals surface area contributed by atoms with Crippen molar-refractivity contribution in [3.05, 3.63) is 42.4 Å². The maximum absolute atomic E-state index is 5.27. The second-order valence-electron chi connectivity index (χ2n) is 6.37. The maximum Gasteiger partial charge on any atom is 0.118 e. The minimum absolute atomic E-state index is 0.516. The number of methoxy groups -OCH3 is 1. The number of rotatable bonds is 3. The van der Waals surface area contributed by atoms with Crippen molar-refractivity contribution in [2.24, 2.45) is 7.05 Å². The zero-order chi connectivity index (χ0) is 16.5. The van der Waals surface area contributed by atoms with Crippen LogP contribution < -0.4 is 10.1 Å². The molecule has 124 valence electrons. The van der Waals surface area contributed by atoms with Gasteiger partial charge in [0.05, 0.1) is 24.6 Å². The van der Waals surface area contributed by atoms with E-state index in [0.717, 1.165) is 54.0 Å². The van der Waals surface area contributed by atoms with Crippen molar-refractivity contribution in [2.75, 3.05) is 20.2 Å². The molecule has 1 aliphatic rings. The number of benzene rings is 1. The van der Waals surface area contributed by atoms with Crippen LogP contribution in [-0.4, -0.2) is 34.7 Å². The summed E-state index contributed by atoms with van der Waals surface area (Å²) in [4.78, 5) is 9.60. The van der Waals surface area contributed by atoms with E-state index in [4.69, 9.17) is 9.72 Å². The van der Waals surface area contributed by atoms with Crippen LogP contribution in [0, 0.1) is 0 Å². The van der Waals surface area contributed by atoms with E-state index in [0.29, 0.717) is 5.92 Å². The highest BCUT2D eigenvalue weighted by molar-refractivity contribution is 5.90. The van der Waals surface area contributed by atoms with Crippen LogP contribution in [0.3, 0.4) is 0 Å². The summed E-state index contributed by atoms with van der Waals surface area (Å²) in [5.41, 5.74) is 5.32. The molecule has 0 amide bonds. The quantitative estimate of drug-likeness (QED) is 0.805. The van der Waals surface area contributed by atoms with Crippen LogP contribution in [0.1, 0.15) is 24.5 Å². The number of pyridine rings is 1. The summed E-state index contributed by atoms with van der Waals surface area (Å²) >= 11 is 0. The first-order valence-electron chi connectivity index (χ1n) is 8.43.